The molecule has 0 aliphatic rings. The third kappa shape index (κ3) is 44.0. The summed E-state index contributed by atoms with van der Waals surface area (Å²) in [6, 6.07) is 0. The summed E-state index contributed by atoms with van der Waals surface area (Å²) in [6.07, 6.45) is 39.0. The molecule has 10 heteroatoms. The molecule has 0 aromatic rings. The summed E-state index contributed by atoms with van der Waals surface area (Å²) in [4.78, 5) is 65.8. The lowest BCUT2D eigenvalue weighted by atomic mass is 9.84. The number of carbonyl (C=O) groups excluding carboxylic acids is 5. The fourth-order valence-electron chi connectivity index (χ4n) is 8.25. The average molecular weight is 937 g/mol. The topological polar surface area (TPSA) is 122 Å². The van der Waals surface area contributed by atoms with E-state index in [2.05, 4.69) is 20.8 Å². The molecule has 0 N–H and O–H groups in total. The van der Waals surface area contributed by atoms with Gasteiger partial charge in [-0.15, -0.1) is 0 Å². The third-order valence-electron chi connectivity index (χ3n) is 12.8. The first-order chi connectivity index (χ1) is 31.9. The molecule has 0 aromatic carbocycles. The van der Waals surface area contributed by atoms with Crippen LogP contribution >= 0.6 is 0 Å². The van der Waals surface area contributed by atoms with Crippen LogP contribution in [0.3, 0.4) is 0 Å². The molecule has 0 spiro atoms. The molecule has 0 rings (SSSR count). The van der Waals surface area contributed by atoms with Gasteiger partial charge < -0.3 is 23.4 Å². The van der Waals surface area contributed by atoms with Crippen LogP contribution in [0.4, 0.5) is 0 Å². The smallest absolute Gasteiger partial charge is 0.306 e. The van der Waals surface area contributed by atoms with Gasteiger partial charge in [-0.1, -0.05) is 213 Å². The van der Waals surface area contributed by atoms with E-state index in [1.165, 1.54) is 135 Å². The van der Waals surface area contributed by atoms with Crippen molar-refractivity contribution in [1.29, 1.82) is 0 Å². The number of nitrogens with zero attached hydrogens (tertiary/aromatic N) is 1. The van der Waals surface area contributed by atoms with Crippen molar-refractivity contribution in [2.24, 2.45) is 5.41 Å². The maximum absolute atomic E-state index is 13.7. The molecule has 0 bridgehead atoms. The van der Waals surface area contributed by atoms with Gasteiger partial charge in [-0.2, -0.15) is 0 Å². The Morgan fingerprint density at radius 2 is 0.591 bits per heavy atom. The molecule has 66 heavy (non-hydrogen) atoms. The summed E-state index contributed by atoms with van der Waals surface area (Å²) in [5.41, 5.74) is -1.28. The number of ether oxygens (including phenoxy) is 4. The molecule has 0 fully saturated rings. The Kier molecular flexibility index (Phi) is 43.3. The molecular weight excluding hydrogens is 831 g/mol. The molecule has 388 valence electrons. The lowest BCUT2D eigenvalue weighted by Crippen LogP contribution is -2.41. The Bertz CT molecular complexity index is 1080. The number of quaternary nitrogens is 1. The maximum Gasteiger partial charge on any atom is 0.306 e. The molecule has 10 nitrogen and oxygen atoms in total. The minimum atomic E-state index is -1.28. The van der Waals surface area contributed by atoms with Crippen LogP contribution in [0.2, 0.25) is 0 Å². The highest BCUT2D eigenvalue weighted by Gasteiger charge is 2.38. The quantitative estimate of drug-likeness (QED) is 0.0254. The molecular formula is C56H106NO9+. The molecule has 0 saturated carbocycles. The number of unbranched alkanes of at least 4 members (excludes halogenated alkanes) is 30. The fourth-order valence-corrected chi connectivity index (χ4v) is 8.25. The van der Waals surface area contributed by atoms with Crippen molar-refractivity contribution in [3.05, 3.63) is 0 Å². The van der Waals surface area contributed by atoms with Crippen molar-refractivity contribution < 1.29 is 47.4 Å². The minimum Gasteiger partial charge on any atom is -0.465 e. The first kappa shape index (κ1) is 63.5. The Hall–Kier alpha value is -2.49. The maximum atomic E-state index is 13.7. The van der Waals surface area contributed by atoms with Crippen molar-refractivity contribution >= 4 is 29.7 Å². The van der Waals surface area contributed by atoms with Crippen molar-refractivity contribution in [3.8, 4) is 0 Å². The summed E-state index contributed by atoms with van der Waals surface area (Å²) >= 11 is 0. The van der Waals surface area contributed by atoms with Gasteiger partial charge in [0.15, 0.2) is 0 Å². The van der Waals surface area contributed by atoms with Gasteiger partial charge in [-0.05, 0) is 19.3 Å². The van der Waals surface area contributed by atoms with Crippen molar-refractivity contribution in [2.75, 3.05) is 54.1 Å². The fraction of sp³-hybridized carbons (Fsp3) is 0.911. The van der Waals surface area contributed by atoms with Crippen molar-refractivity contribution in [2.45, 2.75) is 271 Å². The summed E-state index contributed by atoms with van der Waals surface area (Å²) in [5, 5.41) is 0. The monoisotopic (exact) mass is 937 g/mol. The number of hydrogen-bond acceptors (Lipinski definition) is 9. The second-order valence-corrected chi connectivity index (χ2v) is 20.8. The first-order valence-electron chi connectivity index (χ1n) is 27.8. The zero-order valence-corrected chi connectivity index (χ0v) is 44.2. The molecule has 0 unspecified atom stereocenters. The average Bonchev–Trinajstić information content (AvgIpc) is 3.28. The Morgan fingerprint density at radius 1 is 0.333 bits per heavy atom. The number of Topliss-reactive ketones (excluding diaryl/α,β-unsaturated/α-hetero) is 1. The van der Waals surface area contributed by atoms with Crippen LogP contribution in [0.25, 0.3) is 0 Å². The molecule has 0 saturated heterocycles. The molecule has 0 heterocycles. The lowest BCUT2D eigenvalue weighted by molar-refractivity contribution is -0.870. The number of ketones is 1. The van der Waals surface area contributed by atoms with Gasteiger partial charge in [-0.3, -0.25) is 24.0 Å². The van der Waals surface area contributed by atoms with Crippen LogP contribution in [-0.2, 0) is 42.9 Å². The number of likely N-dealkylation sites (N-methyl/N-ethyl adjacent to an activating group) is 1. The normalized spacial score (nSPS) is 11.7. The first-order valence-corrected chi connectivity index (χ1v) is 27.8. The number of carbonyl (C=O) groups is 5. The lowest BCUT2D eigenvalue weighted by Gasteiger charge is -2.32. The van der Waals surface area contributed by atoms with Crippen molar-refractivity contribution in [3.63, 3.8) is 0 Å². The zero-order chi connectivity index (χ0) is 48.8. The predicted molar refractivity (Wildman–Crippen MR) is 271 cm³/mol. The Balaban J connectivity index is 5.55. The van der Waals surface area contributed by atoms with Gasteiger partial charge in [0, 0.05) is 32.1 Å². The second-order valence-electron chi connectivity index (χ2n) is 20.8. The van der Waals surface area contributed by atoms with Gasteiger partial charge in [0.25, 0.3) is 0 Å². The van der Waals surface area contributed by atoms with Gasteiger partial charge in [0.2, 0.25) is 0 Å². The van der Waals surface area contributed by atoms with E-state index in [0.29, 0.717) is 30.3 Å². The highest BCUT2D eigenvalue weighted by atomic mass is 16.6. The molecule has 0 atom stereocenters. The summed E-state index contributed by atoms with van der Waals surface area (Å²) < 4.78 is 23.6. The van der Waals surface area contributed by atoms with Gasteiger partial charge in [-0.25, -0.2) is 0 Å². The predicted octanol–water partition coefficient (Wildman–Crippen LogP) is 14.7. The summed E-state index contributed by atoms with van der Waals surface area (Å²) in [7, 11) is 6.03. The standard InChI is InChI=1S/C56H106NO9/c1-7-10-13-16-19-22-25-28-31-34-37-40-52(59)64-48-56(47-51(58)43-44-55(62)63-46-45-57(4,5)6,49-65-53(60)41-38-35-32-29-26-23-20-17-14-11-8-2)50-66-54(61)42-39-36-33-30-27-24-21-18-15-12-9-3/h7-50H2,1-6H3/q+1. The summed E-state index contributed by atoms with van der Waals surface area (Å²) in [5.74, 6) is -1.89. The van der Waals surface area contributed by atoms with E-state index in [9.17, 15) is 24.0 Å². The van der Waals surface area contributed by atoms with Crippen LogP contribution in [0.15, 0.2) is 0 Å². The van der Waals surface area contributed by atoms with E-state index in [1.54, 1.807) is 0 Å². The van der Waals surface area contributed by atoms with E-state index in [4.69, 9.17) is 18.9 Å². The largest absolute Gasteiger partial charge is 0.465 e. The van der Waals surface area contributed by atoms with Gasteiger partial charge in [0.1, 0.15) is 38.8 Å². The molecule has 0 aromatic heterocycles. The SMILES string of the molecule is CCCCCCCCCCCCCC(=O)OCC(COC(=O)CCCCCCCCCCCCC)(COC(=O)CCCCCCCCCCCCC)CC(=O)CCC(=O)OCC[N+](C)(C)C. The van der Waals surface area contributed by atoms with E-state index in [0.717, 1.165) is 57.8 Å². The minimum absolute atomic E-state index is 0.0863. The molecule has 0 aliphatic carbocycles. The number of esters is 4. The third-order valence-corrected chi connectivity index (χ3v) is 12.8. The van der Waals surface area contributed by atoms with E-state index < -0.39 is 11.4 Å². The van der Waals surface area contributed by atoms with Crippen LogP contribution in [0.1, 0.15) is 271 Å². The number of hydrogen-bond donors (Lipinski definition) is 0. The van der Waals surface area contributed by atoms with Gasteiger partial charge >= 0.3 is 23.9 Å². The van der Waals surface area contributed by atoms with Crippen molar-refractivity contribution in [1.82, 2.24) is 0 Å². The zero-order valence-electron chi connectivity index (χ0n) is 44.2. The van der Waals surface area contributed by atoms with E-state index in [-0.39, 0.29) is 88.6 Å². The van der Waals surface area contributed by atoms with Gasteiger partial charge in [0.05, 0.1) is 33.0 Å². The van der Waals surface area contributed by atoms with E-state index in [1.807, 2.05) is 21.1 Å². The second kappa shape index (κ2) is 45.0. The van der Waals surface area contributed by atoms with Crippen LogP contribution in [0.5, 0.6) is 0 Å². The molecule has 0 radical (unpaired) electrons. The van der Waals surface area contributed by atoms with Crippen LogP contribution in [-0.4, -0.2) is 88.3 Å². The Morgan fingerprint density at radius 3 is 0.864 bits per heavy atom. The summed E-state index contributed by atoms with van der Waals surface area (Å²) in [6.45, 7) is 6.90. The molecule has 0 aliphatic heterocycles. The number of rotatable bonds is 50. The highest BCUT2D eigenvalue weighted by molar-refractivity contribution is 5.83. The van der Waals surface area contributed by atoms with E-state index >= 15 is 0 Å². The Labute approximate surface area is 406 Å². The van der Waals surface area contributed by atoms with Crippen LogP contribution < -0.4 is 0 Å². The highest BCUT2D eigenvalue weighted by Crippen LogP contribution is 2.28. The van der Waals surface area contributed by atoms with Crippen LogP contribution in [0, 0.1) is 5.41 Å². The molecule has 0 amide bonds.